The van der Waals surface area contributed by atoms with Crippen LogP contribution >= 0.6 is 0 Å². The highest BCUT2D eigenvalue weighted by Gasteiger charge is 2.33. The van der Waals surface area contributed by atoms with Crippen molar-refractivity contribution in [2.75, 3.05) is 46.4 Å². The first-order chi connectivity index (χ1) is 12.5. The van der Waals surface area contributed by atoms with E-state index in [1.54, 1.807) is 7.11 Å². The second-order valence-corrected chi connectivity index (χ2v) is 8.05. The Morgan fingerprint density at radius 3 is 2.58 bits per heavy atom. The molecule has 0 bridgehead atoms. The van der Waals surface area contributed by atoms with Gasteiger partial charge in [0, 0.05) is 45.8 Å². The van der Waals surface area contributed by atoms with E-state index in [4.69, 9.17) is 4.74 Å². The number of methoxy groups -OCH3 is 1. The number of amides is 1. The summed E-state index contributed by atoms with van der Waals surface area (Å²) in [6.07, 6.45) is 0.854. The van der Waals surface area contributed by atoms with Crippen molar-refractivity contribution in [3.05, 3.63) is 30.1 Å². The van der Waals surface area contributed by atoms with Crippen molar-refractivity contribution in [1.82, 2.24) is 14.9 Å². The molecule has 0 unspecified atom stereocenters. The van der Waals surface area contributed by atoms with Gasteiger partial charge in [0.25, 0.3) is 0 Å². The van der Waals surface area contributed by atoms with Gasteiger partial charge in [0.15, 0.2) is 0 Å². The minimum absolute atomic E-state index is 0.0681. The van der Waals surface area contributed by atoms with E-state index in [0.29, 0.717) is 32.5 Å². The zero-order chi connectivity index (χ0) is 19.0. The lowest BCUT2D eigenvalue weighted by atomic mass is 9.97. The number of nitrogens with zero attached hydrogens (tertiary/aromatic N) is 1. The molecule has 1 fully saturated rings. The zero-order valence-corrected chi connectivity index (χ0v) is 15.7. The Bertz CT molecular complexity index is 691. The van der Waals surface area contributed by atoms with Crippen molar-refractivity contribution < 1.29 is 22.3 Å². The van der Waals surface area contributed by atoms with Crippen LogP contribution in [0.1, 0.15) is 12.8 Å². The van der Waals surface area contributed by atoms with Crippen molar-refractivity contribution in [3.63, 3.8) is 0 Å². The monoisotopic (exact) mass is 387 g/mol. The molecule has 0 aromatic heterocycles. The summed E-state index contributed by atoms with van der Waals surface area (Å²) in [6.45, 7) is 2.91. The van der Waals surface area contributed by atoms with Crippen LogP contribution in [0.15, 0.2) is 29.2 Å². The zero-order valence-electron chi connectivity index (χ0n) is 14.9. The number of ether oxygens (including phenoxy) is 1. The predicted molar refractivity (Wildman–Crippen MR) is 95.6 cm³/mol. The molecule has 146 valence electrons. The third-order valence-electron chi connectivity index (χ3n) is 4.36. The van der Waals surface area contributed by atoms with Gasteiger partial charge in [-0.15, -0.1) is 0 Å². The number of hydrogen-bond acceptors (Lipinski definition) is 5. The highest BCUT2D eigenvalue weighted by molar-refractivity contribution is 7.89. The molecule has 2 rings (SSSR count). The summed E-state index contributed by atoms with van der Waals surface area (Å²) in [5.41, 5.74) is 0. The van der Waals surface area contributed by atoms with Crippen LogP contribution in [0.25, 0.3) is 0 Å². The number of carbonyl (C=O) groups is 1. The van der Waals surface area contributed by atoms with Gasteiger partial charge < -0.3 is 15.4 Å². The Hall–Kier alpha value is -1.55. The van der Waals surface area contributed by atoms with E-state index >= 15 is 0 Å². The summed E-state index contributed by atoms with van der Waals surface area (Å²) in [5, 5.41) is 5.99. The number of rotatable bonds is 9. The Morgan fingerprint density at radius 1 is 1.23 bits per heavy atom. The lowest BCUT2D eigenvalue weighted by Crippen LogP contribution is -2.44. The number of halogens is 1. The fraction of sp³-hybridized carbons (Fsp3) is 0.588. The molecule has 0 radical (unpaired) electrons. The minimum Gasteiger partial charge on any atom is -0.383 e. The van der Waals surface area contributed by atoms with Gasteiger partial charge in [0.1, 0.15) is 10.7 Å². The maximum atomic E-state index is 13.8. The van der Waals surface area contributed by atoms with Crippen LogP contribution in [0.2, 0.25) is 0 Å². The predicted octanol–water partition coefficient (Wildman–Crippen LogP) is 0.579. The number of sulfonamides is 1. The lowest BCUT2D eigenvalue weighted by Gasteiger charge is -2.30. The van der Waals surface area contributed by atoms with E-state index in [2.05, 4.69) is 10.6 Å². The van der Waals surface area contributed by atoms with Crippen LogP contribution in [0.3, 0.4) is 0 Å². The number of nitrogens with one attached hydrogen (secondary N) is 2. The van der Waals surface area contributed by atoms with Crippen molar-refractivity contribution in [2.45, 2.75) is 17.7 Å². The van der Waals surface area contributed by atoms with Crippen LogP contribution in [0.5, 0.6) is 0 Å². The van der Waals surface area contributed by atoms with Crippen LogP contribution in [-0.4, -0.2) is 65.1 Å². The normalized spacial score (nSPS) is 16.5. The van der Waals surface area contributed by atoms with Gasteiger partial charge in [-0.05, 0) is 25.0 Å². The van der Waals surface area contributed by atoms with Gasteiger partial charge in [-0.25, -0.2) is 12.8 Å². The summed E-state index contributed by atoms with van der Waals surface area (Å²) >= 11 is 0. The van der Waals surface area contributed by atoms with Gasteiger partial charge >= 0.3 is 0 Å². The fourth-order valence-electron chi connectivity index (χ4n) is 2.87. The molecule has 1 aliphatic rings. The van der Waals surface area contributed by atoms with Crippen LogP contribution in [0, 0.1) is 11.7 Å². The van der Waals surface area contributed by atoms with E-state index in [1.807, 2.05) is 0 Å². The smallest absolute Gasteiger partial charge is 0.245 e. The largest absolute Gasteiger partial charge is 0.383 e. The summed E-state index contributed by atoms with van der Waals surface area (Å²) in [6, 6.07) is 5.35. The fourth-order valence-corrected chi connectivity index (χ4v) is 4.40. The van der Waals surface area contributed by atoms with Crippen LogP contribution in [-0.2, 0) is 19.6 Å². The first-order valence-electron chi connectivity index (χ1n) is 8.69. The van der Waals surface area contributed by atoms with Gasteiger partial charge in [0.05, 0.1) is 6.61 Å². The van der Waals surface area contributed by atoms with E-state index in [1.165, 1.54) is 22.5 Å². The average molecular weight is 387 g/mol. The molecule has 0 saturated carbocycles. The van der Waals surface area contributed by atoms with Crippen LogP contribution < -0.4 is 10.6 Å². The van der Waals surface area contributed by atoms with Crippen molar-refractivity contribution in [3.8, 4) is 0 Å². The maximum absolute atomic E-state index is 13.8. The molecular formula is C17H26FN3O4S. The maximum Gasteiger partial charge on any atom is 0.245 e. The molecule has 1 aromatic rings. The topological polar surface area (TPSA) is 87.7 Å². The molecule has 1 amide bonds. The van der Waals surface area contributed by atoms with Gasteiger partial charge in [-0.2, -0.15) is 4.31 Å². The van der Waals surface area contributed by atoms with Crippen molar-refractivity contribution >= 4 is 15.9 Å². The van der Waals surface area contributed by atoms with Gasteiger partial charge in [-0.3, -0.25) is 4.79 Å². The number of benzene rings is 1. The molecule has 1 heterocycles. The Labute approximate surface area is 154 Å². The summed E-state index contributed by atoms with van der Waals surface area (Å²) in [4.78, 5) is 11.9. The number of hydrogen-bond donors (Lipinski definition) is 2. The summed E-state index contributed by atoms with van der Waals surface area (Å²) in [7, 11) is -2.24. The standard InChI is InChI=1S/C17H26FN3O4S/c1-25-13-10-19-8-9-20-17(22)14-6-11-21(12-7-14)26(23,24)16-5-3-2-4-15(16)18/h2-5,14,19H,6-13H2,1H3,(H,20,22). The van der Waals surface area contributed by atoms with Gasteiger partial charge in [0.2, 0.25) is 15.9 Å². The Balaban J connectivity index is 1.79. The van der Waals surface area contributed by atoms with E-state index in [0.717, 1.165) is 12.6 Å². The molecule has 26 heavy (non-hydrogen) atoms. The number of carbonyl (C=O) groups excluding carboxylic acids is 1. The highest BCUT2D eigenvalue weighted by Crippen LogP contribution is 2.25. The lowest BCUT2D eigenvalue weighted by molar-refractivity contribution is -0.126. The molecule has 0 atom stereocenters. The molecular weight excluding hydrogens is 361 g/mol. The van der Waals surface area contributed by atoms with E-state index in [9.17, 15) is 17.6 Å². The molecule has 0 spiro atoms. The SMILES string of the molecule is COCCNCCNC(=O)C1CCN(S(=O)(=O)c2ccccc2F)CC1. The minimum atomic E-state index is -3.87. The van der Waals surface area contributed by atoms with E-state index < -0.39 is 15.8 Å². The Morgan fingerprint density at radius 2 is 1.92 bits per heavy atom. The Kier molecular flexibility index (Phi) is 7.95. The van der Waals surface area contributed by atoms with Gasteiger partial charge in [-0.1, -0.05) is 12.1 Å². The van der Waals surface area contributed by atoms with Crippen molar-refractivity contribution in [2.24, 2.45) is 5.92 Å². The molecule has 1 aliphatic heterocycles. The highest BCUT2D eigenvalue weighted by atomic mass is 32.2. The van der Waals surface area contributed by atoms with Crippen molar-refractivity contribution in [1.29, 1.82) is 0 Å². The molecule has 9 heteroatoms. The third kappa shape index (κ3) is 5.47. The molecule has 2 N–H and O–H groups in total. The van der Waals surface area contributed by atoms with Crippen LogP contribution in [0.4, 0.5) is 4.39 Å². The first kappa shape index (κ1) is 20.8. The second kappa shape index (κ2) is 9.96. The molecule has 1 saturated heterocycles. The first-order valence-corrected chi connectivity index (χ1v) is 10.1. The quantitative estimate of drug-likeness (QED) is 0.605. The second-order valence-electron chi connectivity index (χ2n) is 6.14. The molecule has 7 nitrogen and oxygen atoms in total. The molecule has 1 aromatic carbocycles. The summed E-state index contributed by atoms with van der Waals surface area (Å²) < 4.78 is 45.1. The number of piperidine rings is 1. The third-order valence-corrected chi connectivity index (χ3v) is 6.30. The average Bonchev–Trinajstić information content (AvgIpc) is 2.64. The molecule has 0 aliphatic carbocycles. The van der Waals surface area contributed by atoms with E-state index in [-0.39, 0.29) is 29.8 Å². The summed E-state index contributed by atoms with van der Waals surface area (Å²) in [5.74, 6) is -1.05.